The minimum absolute atomic E-state index is 0.206. The van der Waals surface area contributed by atoms with Gasteiger partial charge in [-0.15, -0.1) is 0 Å². The summed E-state index contributed by atoms with van der Waals surface area (Å²) in [5, 5.41) is 2.85. The topological polar surface area (TPSA) is 81.4 Å². The van der Waals surface area contributed by atoms with Crippen LogP contribution in [0.25, 0.3) is 0 Å². The maximum atomic E-state index is 12.0. The van der Waals surface area contributed by atoms with Crippen LogP contribution in [0, 0.1) is 11.8 Å². The highest BCUT2D eigenvalue weighted by molar-refractivity contribution is 5.83. The fourth-order valence-electron chi connectivity index (χ4n) is 2.45. The van der Waals surface area contributed by atoms with E-state index in [1.54, 1.807) is 0 Å². The largest absolute Gasteiger partial charge is 0.469 e. The van der Waals surface area contributed by atoms with E-state index in [4.69, 9.17) is 10.5 Å². The number of carbonyl (C=O) groups excluding carboxylic acids is 2. The third-order valence-electron chi connectivity index (χ3n) is 3.40. The molecule has 1 rings (SSSR count). The first-order chi connectivity index (χ1) is 8.85. The van der Waals surface area contributed by atoms with Gasteiger partial charge in [0.05, 0.1) is 19.1 Å². The van der Waals surface area contributed by atoms with E-state index in [2.05, 4.69) is 11.9 Å². The molecule has 0 bridgehead atoms. The van der Waals surface area contributed by atoms with Crippen molar-refractivity contribution in [1.29, 1.82) is 0 Å². The Kier molecular flexibility index (Phi) is 5.54. The van der Waals surface area contributed by atoms with Crippen LogP contribution in [-0.4, -0.2) is 31.1 Å². The number of hydrogen-bond donors (Lipinski definition) is 2. The van der Waals surface area contributed by atoms with Crippen molar-refractivity contribution in [3.05, 3.63) is 12.2 Å². The molecule has 0 radical (unpaired) electrons. The van der Waals surface area contributed by atoms with E-state index in [0.29, 0.717) is 25.2 Å². The molecule has 0 aromatic heterocycles. The summed E-state index contributed by atoms with van der Waals surface area (Å²) in [5.74, 6) is -0.493. The lowest BCUT2D eigenvalue weighted by atomic mass is 10.0. The molecule has 0 spiro atoms. The van der Waals surface area contributed by atoms with E-state index in [0.717, 1.165) is 5.57 Å². The Balaban J connectivity index is 2.61. The lowest BCUT2D eigenvalue weighted by Crippen LogP contribution is -2.48. The van der Waals surface area contributed by atoms with Crippen LogP contribution < -0.4 is 11.1 Å². The molecule has 0 heterocycles. The number of hydrogen-bond acceptors (Lipinski definition) is 4. The summed E-state index contributed by atoms with van der Waals surface area (Å²) in [4.78, 5) is 23.6. The molecule has 1 amide bonds. The smallest absolute Gasteiger partial charge is 0.311 e. The average Bonchev–Trinajstić information content (AvgIpc) is 2.68. The zero-order chi connectivity index (χ0) is 14.6. The monoisotopic (exact) mass is 268 g/mol. The highest BCUT2D eigenvalue weighted by atomic mass is 16.5. The highest BCUT2D eigenvalue weighted by Crippen LogP contribution is 2.30. The van der Waals surface area contributed by atoms with Gasteiger partial charge in [-0.1, -0.05) is 26.0 Å². The van der Waals surface area contributed by atoms with Gasteiger partial charge in [0.15, 0.2) is 0 Å². The maximum Gasteiger partial charge on any atom is 0.311 e. The zero-order valence-electron chi connectivity index (χ0n) is 11.9. The van der Waals surface area contributed by atoms with Crippen molar-refractivity contribution in [3.8, 4) is 0 Å². The highest BCUT2D eigenvalue weighted by Gasteiger charge is 2.37. The van der Waals surface area contributed by atoms with Crippen LogP contribution in [0.1, 0.15) is 33.1 Å². The van der Waals surface area contributed by atoms with Gasteiger partial charge in [-0.05, 0) is 25.2 Å². The van der Waals surface area contributed by atoms with E-state index in [-0.39, 0.29) is 23.8 Å². The molecular formula is C14H24N2O3. The van der Waals surface area contributed by atoms with Gasteiger partial charge >= 0.3 is 5.97 Å². The third-order valence-corrected chi connectivity index (χ3v) is 3.40. The number of ether oxygens (including phenoxy) is 1. The fourth-order valence-corrected chi connectivity index (χ4v) is 2.45. The van der Waals surface area contributed by atoms with Crippen molar-refractivity contribution >= 4 is 11.9 Å². The van der Waals surface area contributed by atoms with Crippen LogP contribution in [0.15, 0.2) is 12.2 Å². The van der Waals surface area contributed by atoms with Crippen LogP contribution in [0.2, 0.25) is 0 Å². The number of carbonyl (C=O) groups is 2. The molecule has 1 saturated carbocycles. The average molecular weight is 268 g/mol. The molecule has 0 aromatic rings. The number of methoxy groups -OCH3 is 1. The molecule has 0 unspecified atom stereocenters. The van der Waals surface area contributed by atoms with Crippen molar-refractivity contribution in [2.24, 2.45) is 17.6 Å². The first-order valence-electron chi connectivity index (χ1n) is 6.65. The molecule has 1 aliphatic carbocycles. The van der Waals surface area contributed by atoms with E-state index in [1.807, 2.05) is 13.8 Å². The molecule has 5 nitrogen and oxygen atoms in total. The molecule has 1 aliphatic rings. The van der Waals surface area contributed by atoms with Gasteiger partial charge in [0.25, 0.3) is 0 Å². The van der Waals surface area contributed by atoms with Crippen LogP contribution >= 0.6 is 0 Å². The zero-order valence-corrected chi connectivity index (χ0v) is 11.9. The van der Waals surface area contributed by atoms with Crippen molar-refractivity contribution < 1.29 is 14.3 Å². The number of rotatable bonds is 5. The quantitative estimate of drug-likeness (QED) is 0.575. The summed E-state index contributed by atoms with van der Waals surface area (Å²) in [5.41, 5.74) is 6.79. The molecular weight excluding hydrogens is 244 g/mol. The van der Waals surface area contributed by atoms with Crippen molar-refractivity contribution in [1.82, 2.24) is 5.32 Å². The fraction of sp³-hybridized carbons (Fsp3) is 0.714. The van der Waals surface area contributed by atoms with E-state index in [9.17, 15) is 9.59 Å². The summed E-state index contributed by atoms with van der Waals surface area (Å²) in [6.45, 7) is 7.91. The molecule has 0 aliphatic heterocycles. The van der Waals surface area contributed by atoms with Crippen LogP contribution in [0.5, 0.6) is 0 Å². The predicted octanol–water partition coefficient (Wildman–Crippen LogP) is 0.984. The summed E-state index contributed by atoms with van der Waals surface area (Å²) in [6, 6.07) is -0.780. The Morgan fingerprint density at radius 1 is 1.47 bits per heavy atom. The second kappa shape index (κ2) is 6.70. The summed E-state index contributed by atoms with van der Waals surface area (Å²) in [7, 11) is 1.35. The molecule has 5 heteroatoms. The molecule has 19 heavy (non-hydrogen) atoms. The normalized spacial score (nSPS) is 24.4. The van der Waals surface area contributed by atoms with Gasteiger partial charge in [-0.3, -0.25) is 9.59 Å². The van der Waals surface area contributed by atoms with Gasteiger partial charge in [0.2, 0.25) is 5.91 Å². The minimum Gasteiger partial charge on any atom is -0.469 e. The second-order valence-electron chi connectivity index (χ2n) is 5.64. The minimum atomic E-state index is -0.535. The molecule has 0 saturated heterocycles. The Morgan fingerprint density at radius 2 is 2.11 bits per heavy atom. The van der Waals surface area contributed by atoms with Gasteiger partial charge in [0, 0.05) is 6.04 Å². The predicted molar refractivity (Wildman–Crippen MR) is 73.2 cm³/mol. The maximum absolute atomic E-state index is 12.0. The standard InChI is InChI=1S/C14H24N2O3/c1-8(2)5-11(15)13(17)16-12-7-9(3)6-10(12)14(18)19-4/h8,10-12H,3,5-7,15H2,1-2,4H3,(H,16,17)/t10-,11+,12+/m1/s1. The molecule has 0 aromatic carbocycles. The van der Waals surface area contributed by atoms with E-state index < -0.39 is 6.04 Å². The lowest BCUT2D eigenvalue weighted by molar-refractivity contribution is -0.146. The number of nitrogens with two attached hydrogens (primary N) is 1. The second-order valence-corrected chi connectivity index (χ2v) is 5.64. The summed E-state index contributed by atoms with van der Waals surface area (Å²) < 4.78 is 4.76. The Hall–Kier alpha value is -1.36. The van der Waals surface area contributed by atoms with Crippen molar-refractivity contribution in [2.45, 2.75) is 45.2 Å². The van der Waals surface area contributed by atoms with Crippen molar-refractivity contribution in [3.63, 3.8) is 0 Å². The summed E-state index contributed by atoms with van der Waals surface area (Å²) >= 11 is 0. The molecule has 108 valence electrons. The Labute approximate surface area is 114 Å². The summed E-state index contributed by atoms with van der Waals surface area (Å²) in [6.07, 6.45) is 1.80. The van der Waals surface area contributed by atoms with Crippen LogP contribution in [0.3, 0.4) is 0 Å². The van der Waals surface area contributed by atoms with Crippen LogP contribution in [-0.2, 0) is 14.3 Å². The molecule has 3 N–H and O–H groups in total. The van der Waals surface area contributed by atoms with Gasteiger partial charge in [-0.2, -0.15) is 0 Å². The van der Waals surface area contributed by atoms with Gasteiger partial charge < -0.3 is 15.8 Å². The molecule has 1 fully saturated rings. The first kappa shape index (κ1) is 15.7. The number of amides is 1. The number of nitrogens with one attached hydrogen (secondary N) is 1. The van der Waals surface area contributed by atoms with Crippen LogP contribution in [0.4, 0.5) is 0 Å². The number of esters is 1. The van der Waals surface area contributed by atoms with E-state index in [1.165, 1.54) is 7.11 Å². The Bertz CT molecular complexity index is 366. The SMILES string of the molecule is C=C1C[C@H](NC(=O)[C@@H](N)CC(C)C)[C@H](C(=O)OC)C1. The van der Waals surface area contributed by atoms with E-state index >= 15 is 0 Å². The van der Waals surface area contributed by atoms with Crippen molar-refractivity contribution in [2.75, 3.05) is 7.11 Å². The third kappa shape index (κ3) is 4.35. The lowest BCUT2D eigenvalue weighted by Gasteiger charge is -2.21. The Morgan fingerprint density at radius 3 is 2.63 bits per heavy atom. The van der Waals surface area contributed by atoms with Gasteiger partial charge in [-0.25, -0.2) is 0 Å². The molecule has 3 atom stereocenters. The first-order valence-corrected chi connectivity index (χ1v) is 6.65. The van der Waals surface area contributed by atoms with Gasteiger partial charge in [0.1, 0.15) is 0 Å².